The van der Waals surface area contributed by atoms with Crippen LogP contribution in [0.3, 0.4) is 0 Å². The van der Waals surface area contributed by atoms with Crippen molar-refractivity contribution in [1.29, 1.82) is 0 Å². The van der Waals surface area contributed by atoms with Gasteiger partial charge in [0.2, 0.25) is 0 Å². The summed E-state index contributed by atoms with van der Waals surface area (Å²) in [7, 11) is 0. The summed E-state index contributed by atoms with van der Waals surface area (Å²) in [6, 6.07) is 0.869. The van der Waals surface area contributed by atoms with E-state index in [9.17, 15) is 19.1 Å². The first kappa shape index (κ1) is 13.4. The summed E-state index contributed by atoms with van der Waals surface area (Å²) in [5.74, 6) is -4.24. The normalized spacial score (nSPS) is 10.1. The van der Waals surface area contributed by atoms with Crippen molar-refractivity contribution in [3.63, 3.8) is 0 Å². The number of hydrogen-bond acceptors (Lipinski definition) is 4. The molecule has 0 unspecified atom stereocenters. The van der Waals surface area contributed by atoms with E-state index in [1.807, 2.05) is 0 Å². The number of halogens is 2. The van der Waals surface area contributed by atoms with Crippen LogP contribution in [0.25, 0.3) is 0 Å². The number of ether oxygens (including phenoxy) is 1. The van der Waals surface area contributed by atoms with Gasteiger partial charge in [0.1, 0.15) is 0 Å². The lowest BCUT2D eigenvalue weighted by Gasteiger charge is -2.09. The lowest BCUT2D eigenvalue weighted by atomic mass is 10.0. The molecule has 0 aliphatic rings. The number of phenols is 1. The first-order valence-electron chi connectivity index (χ1n) is 4.79. The minimum absolute atomic E-state index is 0.00737. The lowest BCUT2D eigenvalue weighted by molar-refractivity contribution is -0.137. The highest BCUT2D eigenvalue weighted by atomic mass is 35.5. The van der Waals surface area contributed by atoms with E-state index in [0.717, 1.165) is 6.07 Å². The Balaban J connectivity index is 3.31. The van der Waals surface area contributed by atoms with E-state index < -0.39 is 28.9 Å². The van der Waals surface area contributed by atoms with E-state index >= 15 is 0 Å². The number of carbonyl (C=O) groups is 2. The molecule has 0 amide bonds. The van der Waals surface area contributed by atoms with Gasteiger partial charge >= 0.3 is 5.97 Å². The summed E-state index contributed by atoms with van der Waals surface area (Å²) in [6.07, 6.45) is 0. The van der Waals surface area contributed by atoms with Crippen LogP contribution in [0.15, 0.2) is 6.07 Å². The van der Waals surface area contributed by atoms with Crippen molar-refractivity contribution in [2.45, 2.75) is 13.8 Å². The lowest BCUT2D eigenvalue weighted by Crippen LogP contribution is -2.19. The molecule has 92 valence electrons. The second kappa shape index (κ2) is 5.14. The van der Waals surface area contributed by atoms with Crippen LogP contribution in [0.2, 0.25) is 5.02 Å². The Kier molecular flexibility index (Phi) is 4.07. The molecule has 0 fully saturated rings. The van der Waals surface area contributed by atoms with Crippen LogP contribution in [-0.4, -0.2) is 23.5 Å². The molecule has 0 radical (unpaired) electrons. The predicted molar refractivity (Wildman–Crippen MR) is 58.8 cm³/mol. The highest BCUT2D eigenvalue weighted by Crippen LogP contribution is 2.30. The standard InChI is InChI=1S/C11H10ClFO4/c1-3-17-11(16)10(15)8-5(2)6(12)4-7(13)9(8)14/h4,14H,3H2,1-2H3. The van der Waals surface area contributed by atoms with Gasteiger partial charge in [-0.05, 0) is 25.5 Å². The van der Waals surface area contributed by atoms with Crippen LogP contribution in [0, 0.1) is 12.7 Å². The third-order valence-electron chi connectivity index (χ3n) is 2.14. The van der Waals surface area contributed by atoms with Crippen molar-refractivity contribution < 1.29 is 23.8 Å². The van der Waals surface area contributed by atoms with Crippen molar-refractivity contribution in [1.82, 2.24) is 0 Å². The second-order valence-corrected chi connectivity index (χ2v) is 3.65. The first-order chi connectivity index (χ1) is 7.90. The molecule has 1 N–H and O–H groups in total. The van der Waals surface area contributed by atoms with E-state index in [2.05, 4.69) is 4.74 Å². The Morgan fingerprint density at radius 2 is 2.12 bits per heavy atom. The van der Waals surface area contributed by atoms with E-state index in [-0.39, 0.29) is 17.2 Å². The SMILES string of the molecule is CCOC(=O)C(=O)c1c(C)c(Cl)cc(F)c1O. The van der Waals surface area contributed by atoms with Gasteiger partial charge in [0, 0.05) is 5.02 Å². The molecule has 0 saturated carbocycles. The zero-order chi connectivity index (χ0) is 13.2. The van der Waals surface area contributed by atoms with Gasteiger partial charge in [0.25, 0.3) is 5.78 Å². The molecule has 1 aromatic rings. The van der Waals surface area contributed by atoms with Gasteiger partial charge in [-0.2, -0.15) is 0 Å². The molecule has 0 spiro atoms. The van der Waals surface area contributed by atoms with Crippen molar-refractivity contribution in [3.05, 3.63) is 28.0 Å². The van der Waals surface area contributed by atoms with Gasteiger partial charge < -0.3 is 9.84 Å². The minimum atomic E-state index is -1.16. The summed E-state index contributed by atoms with van der Waals surface area (Å²) < 4.78 is 17.7. The predicted octanol–water partition coefficient (Wildman–Crippen LogP) is 2.24. The summed E-state index contributed by atoms with van der Waals surface area (Å²) in [6.45, 7) is 2.93. The Morgan fingerprint density at radius 1 is 1.53 bits per heavy atom. The number of carbonyl (C=O) groups excluding carboxylic acids is 2. The number of hydrogen-bond donors (Lipinski definition) is 1. The van der Waals surface area contributed by atoms with Crippen molar-refractivity contribution in [3.8, 4) is 5.75 Å². The van der Waals surface area contributed by atoms with E-state index in [4.69, 9.17) is 11.6 Å². The average Bonchev–Trinajstić information content (AvgIpc) is 2.27. The number of esters is 1. The topological polar surface area (TPSA) is 63.6 Å². The van der Waals surface area contributed by atoms with Gasteiger partial charge in [0.05, 0.1) is 12.2 Å². The molecule has 0 atom stereocenters. The highest BCUT2D eigenvalue weighted by Gasteiger charge is 2.26. The third kappa shape index (κ3) is 2.55. The monoisotopic (exact) mass is 260 g/mol. The summed E-state index contributed by atoms with van der Waals surface area (Å²) in [5.41, 5.74) is -0.336. The maximum Gasteiger partial charge on any atom is 0.379 e. The smallest absolute Gasteiger partial charge is 0.379 e. The summed E-state index contributed by atoms with van der Waals surface area (Å²) in [5, 5.41) is 9.38. The molecule has 1 aromatic carbocycles. The maximum absolute atomic E-state index is 13.2. The Labute approximate surface area is 102 Å². The highest BCUT2D eigenvalue weighted by molar-refractivity contribution is 6.42. The van der Waals surface area contributed by atoms with Crippen molar-refractivity contribution in [2.75, 3.05) is 6.61 Å². The fraction of sp³-hybridized carbons (Fsp3) is 0.273. The van der Waals surface area contributed by atoms with Gasteiger partial charge in [-0.1, -0.05) is 11.6 Å². The van der Waals surface area contributed by atoms with E-state index in [0.29, 0.717) is 0 Å². The molecule has 1 rings (SSSR count). The average molecular weight is 261 g/mol. The number of rotatable bonds is 3. The molecule has 4 nitrogen and oxygen atoms in total. The molecule has 0 aliphatic carbocycles. The molecule has 0 bridgehead atoms. The van der Waals surface area contributed by atoms with Crippen LogP contribution >= 0.6 is 11.6 Å². The molecule has 0 saturated heterocycles. The largest absolute Gasteiger partial charge is 0.504 e. The number of aromatic hydroxyl groups is 1. The Bertz CT molecular complexity index is 459. The Morgan fingerprint density at radius 3 is 2.65 bits per heavy atom. The molecular formula is C11H10ClFO4. The van der Waals surface area contributed by atoms with Gasteiger partial charge in [-0.25, -0.2) is 9.18 Å². The first-order valence-corrected chi connectivity index (χ1v) is 5.17. The van der Waals surface area contributed by atoms with E-state index in [1.165, 1.54) is 13.8 Å². The fourth-order valence-corrected chi connectivity index (χ4v) is 1.47. The fourth-order valence-electron chi connectivity index (χ4n) is 1.28. The summed E-state index contributed by atoms with van der Waals surface area (Å²) in [4.78, 5) is 22.8. The van der Waals surface area contributed by atoms with Gasteiger partial charge in [0.15, 0.2) is 11.6 Å². The van der Waals surface area contributed by atoms with Crippen LogP contribution in [0.5, 0.6) is 5.75 Å². The molecule has 0 aromatic heterocycles. The minimum Gasteiger partial charge on any atom is -0.504 e. The Hall–Kier alpha value is -1.62. The second-order valence-electron chi connectivity index (χ2n) is 3.24. The third-order valence-corrected chi connectivity index (χ3v) is 2.53. The number of ketones is 1. The molecule has 0 heterocycles. The zero-order valence-corrected chi connectivity index (χ0v) is 9.97. The van der Waals surface area contributed by atoms with Crippen molar-refractivity contribution in [2.24, 2.45) is 0 Å². The molecule has 17 heavy (non-hydrogen) atoms. The molecular weight excluding hydrogens is 251 g/mol. The number of Topliss-reactive ketones (excluding diaryl/α,β-unsaturated/α-hetero) is 1. The maximum atomic E-state index is 13.2. The van der Waals surface area contributed by atoms with Crippen molar-refractivity contribution >= 4 is 23.4 Å². The number of phenolic OH excluding ortho intramolecular Hbond substituents is 1. The van der Waals surface area contributed by atoms with Gasteiger partial charge in [-0.3, -0.25) is 4.79 Å². The van der Waals surface area contributed by atoms with Crippen LogP contribution in [-0.2, 0) is 9.53 Å². The molecule has 6 heteroatoms. The zero-order valence-electron chi connectivity index (χ0n) is 9.21. The quantitative estimate of drug-likeness (QED) is 0.514. The van der Waals surface area contributed by atoms with Gasteiger partial charge in [-0.15, -0.1) is 0 Å². The summed E-state index contributed by atoms with van der Waals surface area (Å²) >= 11 is 5.66. The number of benzene rings is 1. The van der Waals surface area contributed by atoms with Crippen LogP contribution in [0.1, 0.15) is 22.8 Å². The van der Waals surface area contributed by atoms with Crippen LogP contribution < -0.4 is 0 Å². The molecule has 0 aliphatic heterocycles. The van der Waals surface area contributed by atoms with E-state index in [1.54, 1.807) is 0 Å². The van der Waals surface area contributed by atoms with Crippen LogP contribution in [0.4, 0.5) is 4.39 Å².